The number of amides is 3. The van der Waals surface area contributed by atoms with Crippen LogP contribution in [0.2, 0.25) is 0 Å². The average Bonchev–Trinajstić information content (AvgIpc) is 3.20. The van der Waals surface area contributed by atoms with E-state index in [9.17, 15) is 19.2 Å². The lowest BCUT2D eigenvalue weighted by atomic mass is 10.0. The number of carbonyl (C=O) groups is 4. The van der Waals surface area contributed by atoms with Crippen LogP contribution in [0.15, 0.2) is 54.6 Å². The molecule has 3 amide bonds. The predicted molar refractivity (Wildman–Crippen MR) is 133 cm³/mol. The predicted octanol–water partition coefficient (Wildman–Crippen LogP) is 2.92. The summed E-state index contributed by atoms with van der Waals surface area (Å²) in [6.45, 7) is 3.80. The van der Waals surface area contributed by atoms with Crippen LogP contribution in [-0.4, -0.2) is 66.0 Å². The summed E-state index contributed by atoms with van der Waals surface area (Å²) in [5, 5.41) is 2.81. The van der Waals surface area contributed by atoms with Gasteiger partial charge in [-0.3, -0.25) is 9.59 Å². The topological polar surface area (TPSA) is 105 Å². The van der Waals surface area contributed by atoms with Gasteiger partial charge in [0, 0.05) is 33.5 Å². The van der Waals surface area contributed by atoms with E-state index in [-0.39, 0.29) is 30.8 Å². The third-order valence-electron chi connectivity index (χ3n) is 5.71. The molecule has 1 saturated heterocycles. The van der Waals surface area contributed by atoms with Crippen LogP contribution >= 0.6 is 0 Å². The van der Waals surface area contributed by atoms with E-state index in [1.54, 1.807) is 57.1 Å². The number of nitrogens with zero attached hydrogens (tertiary/aromatic N) is 2. The van der Waals surface area contributed by atoms with Gasteiger partial charge in [-0.2, -0.15) is 0 Å². The second-order valence-corrected chi connectivity index (χ2v) is 9.22. The highest BCUT2D eigenvalue weighted by atomic mass is 16.6. The van der Waals surface area contributed by atoms with E-state index in [1.807, 2.05) is 30.3 Å². The summed E-state index contributed by atoms with van der Waals surface area (Å²) < 4.78 is 10.6. The first-order valence-corrected chi connectivity index (χ1v) is 12.0. The maximum Gasteiger partial charge on any atom is 0.414 e. The maximum absolute atomic E-state index is 13.2. The Hall–Kier alpha value is -3.88. The minimum absolute atomic E-state index is 0.0943. The number of benzene rings is 2. The van der Waals surface area contributed by atoms with Gasteiger partial charge >= 0.3 is 12.1 Å². The maximum atomic E-state index is 13.2. The van der Waals surface area contributed by atoms with Crippen molar-refractivity contribution in [2.24, 2.45) is 0 Å². The molecule has 9 heteroatoms. The lowest BCUT2D eigenvalue weighted by Gasteiger charge is -2.26. The van der Waals surface area contributed by atoms with E-state index < -0.39 is 24.1 Å². The Morgan fingerprint density at radius 3 is 2.31 bits per heavy atom. The van der Waals surface area contributed by atoms with E-state index in [0.717, 1.165) is 11.1 Å². The first-order valence-electron chi connectivity index (χ1n) is 12.0. The summed E-state index contributed by atoms with van der Waals surface area (Å²) >= 11 is 0. The number of ether oxygens (including phenoxy) is 2. The molecule has 0 spiro atoms. The quantitative estimate of drug-likeness (QED) is 0.537. The molecule has 1 fully saturated rings. The van der Waals surface area contributed by atoms with E-state index >= 15 is 0 Å². The standard InChI is InChI=1S/C27H33N3O6/c1-18(2)35-26(33)22(16-19-10-12-21(13-11-19)36-27(34)29(3)4)28-25(32)23-14-15-24(31)30(23)17-20-8-6-5-7-9-20/h5-13,18,22-23H,14-17H2,1-4H3,(H,28,32)/t22-,23-/m0/s1. The monoisotopic (exact) mass is 495 g/mol. The van der Waals surface area contributed by atoms with Crippen LogP contribution in [0.1, 0.15) is 37.8 Å². The third kappa shape index (κ3) is 7.31. The van der Waals surface area contributed by atoms with Crippen molar-refractivity contribution in [2.45, 2.75) is 57.8 Å². The largest absolute Gasteiger partial charge is 0.461 e. The van der Waals surface area contributed by atoms with Gasteiger partial charge in [-0.15, -0.1) is 0 Å². The van der Waals surface area contributed by atoms with Gasteiger partial charge in [-0.25, -0.2) is 9.59 Å². The molecule has 0 unspecified atom stereocenters. The molecule has 2 atom stereocenters. The van der Waals surface area contributed by atoms with E-state index in [2.05, 4.69) is 5.32 Å². The molecule has 1 heterocycles. The molecule has 9 nitrogen and oxygen atoms in total. The lowest BCUT2D eigenvalue weighted by molar-refractivity contribution is -0.152. The van der Waals surface area contributed by atoms with Crippen LogP contribution in [0.4, 0.5) is 4.79 Å². The Bertz CT molecular complexity index is 1070. The van der Waals surface area contributed by atoms with Crippen molar-refractivity contribution in [3.8, 4) is 5.75 Å². The van der Waals surface area contributed by atoms with Gasteiger partial charge < -0.3 is 24.6 Å². The highest BCUT2D eigenvalue weighted by Crippen LogP contribution is 2.22. The molecule has 0 saturated carbocycles. The Morgan fingerprint density at radius 2 is 1.69 bits per heavy atom. The fraction of sp³-hybridized carbons (Fsp3) is 0.407. The fourth-order valence-electron chi connectivity index (χ4n) is 3.88. The zero-order valence-corrected chi connectivity index (χ0v) is 21.1. The normalized spacial score (nSPS) is 16.0. The van der Waals surface area contributed by atoms with Crippen LogP contribution < -0.4 is 10.1 Å². The summed E-state index contributed by atoms with van der Waals surface area (Å²) in [6.07, 6.45) is -0.0143. The molecular formula is C27H33N3O6. The number of likely N-dealkylation sites (tertiary alicyclic amines) is 1. The second-order valence-electron chi connectivity index (χ2n) is 9.22. The van der Waals surface area contributed by atoms with Gasteiger partial charge in [0.15, 0.2) is 0 Å². The van der Waals surface area contributed by atoms with Crippen molar-refractivity contribution in [1.29, 1.82) is 0 Å². The van der Waals surface area contributed by atoms with Gasteiger partial charge in [-0.05, 0) is 43.5 Å². The number of nitrogens with one attached hydrogen (secondary N) is 1. The molecule has 0 aromatic heterocycles. The first kappa shape index (κ1) is 26.7. The van der Waals surface area contributed by atoms with Gasteiger partial charge in [0.2, 0.25) is 11.8 Å². The van der Waals surface area contributed by atoms with Gasteiger partial charge in [0.25, 0.3) is 0 Å². The van der Waals surface area contributed by atoms with E-state index in [4.69, 9.17) is 9.47 Å². The molecular weight excluding hydrogens is 462 g/mol. The van der Waals surface area contributed by atoms with Crippen molar-refractivity contribution in [3.05, 3.63) is 65.7 Å². The molecule has 36 heavy (non-hydrogen) atoms. The molecule has 2 aromatic rings. The highest BCUT2D eigenvalue weighted by Gasteiger charge is 2.37. The Kier molecular flexibility index (Phi) is 9.05. The zero-order valence-electron chi connectivity index (χ0n) is 21.1. The number of carbonyl (C=O) groups excluding carboxylic acids is 4. The Balaban J connectivity index is 1.71. The molecule has 1 aliphatic heterocycles. The minimum atomic E-state index is -0.940. The number of hydrogen-bond acceptors (Lipinski definition) is 6. The van der Waals surface area contributed by atoms with Gasteiger partial charge in [-0.1, -0.05) is 42.5 Å². The van der Waals surface area contributed by atoms with Crippen molar-refractivity contribution in [1.82, 2.24) is 15.1 Å². The van der Waals surface area contributed by atoms with Crippen molar-refractivity contribution in [3.63, 3.8) is 0 Å². The van der Waals surface area contributed by atoms with Crippen LogP contribution in [0, 0.1) is 0 Å². The number of rotatable bonds is 9. The van der Waals surface area contributed by atoms with Gasteiger partial charge in [0.1, 0.15) is 17.8 Å². The SMILES string of the molecule is CC(C)OC(=O)[C@H](Cc1ccc(OC(=O)N(C)C)cc1)NC(=O)[C@@H]1CCC(=O)N1Cc1ccccc1. The Labute approximate surface area is 211 Å². The highest BCUT2D eigenvalue weighted by molar-refractivity contribution is 5.93. The van der Waals surface area contributed by atoms with Crippen LogP contribution in [0.5, 0.6) is 5.75 Å². The number of esters is 1. The molecule has 3 rings (SSSR count). The van der Waals surface area contributed by atoms with Crippen molar-refractivity contribution >= 4 is 23.9 Å². The molecule has 2 aromatic carbocycles. The lowest BCUT2D eigenvalue weighted by Crippen LogP contribution is -2.51. The zero-order chi connectivity index (χ0) is 26.2. The third-order valence-corrected chi connectivity index (χ3v) is 5.71. The molecule has 0 aliphatic carbocycles. The van der Waals surface area contributed by atoms with E-state index in [0.29, 0.717) is 18.7 Å². The molecule has 0 radical (unpaired) electrons. The molecule has 1 aliphatic rings. The molecule has 1 N–H and O–H groups in total. The van der Waals surface area contributed by atoms with Crippen molar-refractivity contribution in [2.75, 3.05) is 14.1 Å². The van der Waals surface area contributed by atoms with Crippen LogP contribution in [0.3, 0.4) is 0 Å². The van der Waals surface area contributed by atoms with Crippen LogP contribution in [0.25, 0.3) is 0 Å². The van der Waals surface area contributed by atoms with Crippen LogP contribution in [-0.2, 0) is 32.1 Å². The fourth-order valence-corrected chi connectivity index (χ4v) is 3.88. The summed E-state index contributed by atoms with van der Waals surface area (Å²) in [4.78, 5) is 53.2. The summed E-state index contributed by atoms with van der Waals surface area (Å²) in [5.41, 5.74) is 1.67. The average molecular weight is 496 g/mol. The molecule has 192 valence electrons. The Morgan fingerprint density at radius 1 is 1.03 bits per heavy atom. The molecule has 0 bridgehead atoms. The van der Waals surface area contributed by atoms with Gasteiger partial charge in [0.05, 0.1) is 6.10 Å². The minimum Gasteiger partial charge on any atom is -0.461 e. The number of hydrogen-bond donors (Lipinski definition) is 1. The second kappa shape index (κ2) is 12.2. The van der Waals surface area contributed by atoms with E-state index in [1.165, 1.54) is 4.90 Å². The summed E-state index contributed by atoms with van der Waals surface area (Å²) in [6, 6.07) is 14.6. The summed E-state index contributed by atoms with van der Waals surface area (Å²) in [7, 11) is 3.17. The first-order chi connectivity index (χ1) is 17.1. The summed E-state index contributed by atoms with van der Waals surface area (Å²) in [5.74, 6) is -0.675. The van der Waals surface area contributed by atoms with Crippen molar-refractivity contribution < 1.29 is 28.7 Å². The smallest absolute Gasteiger partial charge is 0.414 e.